The van der Waals surface area contributed by atoms with E-state index >= 15 is 0 Å². The molecule has 0 fully saturated rings. The summed E-state index contributed by atoms with van der Waals surface area (Å²) in [6, 6.07) is 7.43. The van der Waals surface area contributed by atoms with Crippen molar-refractivity contribution < 1.29 is 14.6 Å². The van der Waals surface area contributed by atoms with Gasteiger partial charge in [-0.05, 0) is 18.1 Å². The van der Waals surface area contributed by atoms with Crippen LogP contribution in [0, 0.1) is 0 Å². The molecule has 1 aromatic carbocycles. The summed E-state index contributed by atoms with van der Waals surface area (Å²) in [5, 5.41) is 12.9. The largest absolute Gasteiger partial charge is 0.495 e. The molecule has 0 atom stereocenters. The van der Waals surface area contributed by atoms with E-state index in [1.54, 1.807) is 7.11 Å². The van der Waals surface area contributed by atoms with Crippen LogP contribution in [0.5, 0.6) is 5.75 Å². The predicted octanol–water partition coefficient (Wildman–Crippen LogP) is 3.72. The van der Waals surface area contributed by atoms with Crippen LogP contribution in [-0.2, 0) is 0 Å². The zero-order chi connectivity index (χ0) is 14.7. The van der Waals surface area contributed by atoms with Crippen LogP contribution in [0.1, 0.15) is 35.1 Å². The average molecular weight is 292 g/mol. The Morgan fingerprint density at radius 1 is 1.40 bits per heavy atom. The highest BCUT2D eigenvalue weighted by atomic mass is 32.1. The van der Waals surface area contributed by atoms with Crippen molar-refractivity contribution in [3.63, 3.8) is 0 Å². The van der Waals surface area contributed by atoms with E-state index in [0.29, 0.717) is 10.9 Å². The standard InChI is InChI=1S/C14H16N2O3S/c1-8(2)12-11(13(17)18)16-14(20-12)15-9-6-4-5-7-10(9)19-3/h4-8H,1-3H3,(H,15,16)(H,17,18). The number of hydrogen-bond acceptors (Lipinski definition) is 5. The molecule has 0 amide bonds. The molecule has 0 saturated heterocycles. The molecule has 1 aromatic heterocycles. The van der Waals surface area contributed by atoms with Crippen LogP contribution in [0.2, 0.25) is 0 Å². The number of rotatable bonds is 5. The van der Waals surface area contributed by atoms with Crippen molar-refractivity contribution in [2.45, 2.75) is 19.8 Å². The number of aromatic carboxylic acids is 1. The fraction of sp³-hybridized carbons (Fsp3) is 0.286. The van der Waals surface area contributed by atoms with Gasteiger partial charge in [0.05, 0.1) is 12.8 Å². The van der Waals surface area contributed by atoms with Crippen molar-refractivity contribution in [3.05, 3.63) is 34.8 Å². The minimum atomic E-state index is -1.00. The normalized spacial score (nSPS) is 10.6. The van der Waals surface area contributed by atoms with E-state index in [9.17, 15) is 9.90 Å². The third-order valence-corrected chi connectivity index (χ3v) is 4.00. The zero-order valence-corrected chi connectivity index (χ0v) is 12.3. The van der Waals surface area contributed by atoms with Crippen LogP contribution in [0.3, 0.4) is 0 Å². The van der Waals surface area contributed by atoms with E-state index in [1.807, 2.05) is 38.1 Å². The van der Waals surface area contributed by atoms with Crippen LogP contribution >= 0.6 is 11.3 Å². The number of carboxylic acid groups (broad SMARTS) is 1. The van der Waals surface area contributed by atoms with Gasteiger partial charge in [-0.15, -0.1) is 11.3 Å². The Balaban J connectivity index is 2.35. The highest BCUT2D eigenvalue weighted by Crippen LogP contribution is 2.33. The first kappa shape index (κ1) is 14.3. The maximum atomic E-state index is 11.2. The molecule has 0 bridgehead atoms. The molecule has 20 heavy (non-hydrogen) atoms. The number of thiazole rings is 1. The van der Waals surface area contributed by atoms with E-state index in [2.05, 4.69) is 10.3 Å². The smallest absolute Gasteiger partial charge is 0.355 e. The van der Waals surface area contributed by atoms with Crippen LogP contribution in [0.25, 0.3) is 0 Å². The number of benzene rings is 1. The number of nitrogens with zero attached hydrogens (tertiary/aromatic N) is 1. The van der Waals surface area contributed by atoms with Crippen LogP contribution in [0.15, 0.2) is 24.3 Å². The first-order chi connectivity index (χ1) is 9.52. The van der Waals surface area contributed by atoms with Gasteiger partial charge in [0.25, 0.3) is 0 Å². The van der Waals surface area contributed by atoms with Gasteiger partial charge in [0.2, 0.25) is 0 Å². The number of carbonyl (C=O) groups is 1. The minimum absolute atomic E-state index is 0.113. The molecule has 0 aliphatic carbocycles. The molecule has 2 rings (SSSR count). The molecular formula is C14H16N2O3S. The maximum absolute atomic E-state index is 11.2. The van der Waals surface area contributed by atoms with E-state index < -0.39 is 5.97 Å². The molecule has 0 spiro atoms. The summed E-state index contributed by atoms with van der Waals surface area (Å²) in [5.41, 5.74) is 0.874. The number of para-hydroxylation sites is 2. The summed E-state index contributed by atoms with van der Waals surface area (Å²) >= 11 is 1.35. The quantitative estimate of drug-likeness (QED) is 0.878. The molecule has 106 valence electrons. The van der Waals surface area contributed by atoms with Crippen LogP contribution in [0.4, 0.5) is 10.8 Å². The van der Waals surface area contributed by atoms with Crippen LogP contribution in [-0.4, -0.2) is 23.2 Å². The summed E-state index contributed by atoms with van der Waals surface area (Å²) in [5.74, 6) is -0.199. The Morgan fingerprint density at radius 2 is 2.10 bits per heavy atom. The maximum Gasteiger partial charge on any atom is 0.355 e. The average Bonchev–Trinajstić information content (AvgIpc) is 2.84. The highest BCUT2D eigenvalue weighted by Gasteiger charge is 2.20. The van der Waals surface area contributed by atoms with Gasteiger partial charge in [0.15, 0.2) is 10.8 Å². The fourth-order valence-corrected chi connectivity index (χ4v) is 2.76. The molecule has 2 aromatic rings. The lowest BCUT2D eigenvalue weighted by Gasteiger charge is -2.07. The molecule has 5 nitrogen and oxygen atoms in total. The number of anilines is 2. The van der Waals surface area contributed by atoms with Crippen molar-refractivity contribution in [3.8, 4) is 5.75 Å². The van der Waals surface area contributed by atoms with Gasteiger partial charge < -0.3 is 15.2 Å². The van der Waals surface area contributed by atoms with Crippen LogP contribution < -0.4 is 10.1 Å². The number of methoxy groups -OCH3 is 1. The van der Waals surface area contributed by atoms with Gasteiger partial charge in [-0.3, -0.25) is 0 Å². The molecule has 0 unspecified atom stereocenters. The molecular weight excluding hydrogens is 276 g/mol. The first-order valence-corrected chi connectivity index (χ1v) is 6.98. The molecule has 0 radical (unpaired) electrons. The molecule has 1 heterocycles. The van der Waals surface area contributed by atoms with Crippen molar-refractivity contribution >= 4 is 28.1 Å². The van der Waals surface area contributed by atoms with E-state index in [1.165, 1.54) is 11.3 Å². The summed E-state index contributed by atoms with van der Waals surface area (Å²) in [4.78, 5) is 16.1. The van der Waals surface area contributed by atoms with Gasteiger partial charge in [0.1, 0.15) is 5.75 Å². The van der Waals surface area contributed by atoms with E-state index in [0.717, 1.165) is 10.6 Å². The van der Waals surface area contributed by atoms with E-state index in [4.69, 9.17) is 4.74 Å². The lowest BCUT2D eigenvalue weighted by Crippen LogP contribution is -2.02. The highest BCUT2D eigenvalue weighted by molar-refractivity contribution is 7.16. The zero-order valence-electron chi connectivity index (χ0n) is 11.5. The lowest BCUT2D eigenvalue weighted by molar-refractivity contribution is 0.0690. The molecule has 0 aliphatic heterocycles. The summed E-state index contributed by atoms with van der Waals surface area (Å²) in [6.07, 6.45) is 0. The minimum Gasteiger partial charge on any atom is -0.495 e. The number of hydrogen-bond donors (Lipinski definition) is 2. The van der Waals surface area contributed by atoms with Crippen molar-refractivity contribution in [1.82, 2.24) is 4.98 Å². The Morgan fingerprint density at radius 3 is 2.65 bits per heavy atom. The third kappa shape index (κ3) is 2.91. The van der Waals surface area contributed by atoms with Gasteiger partial charge in [-0.2, -0.15) is 0 Å². The second-order valence-corrected chi connectivity index (χ2v) is 5.55. The van der Waals surface area contributed by atoms with Crippen molar-refractivity contribution in [2.24, 2.45) is 0 Å². The Labute approximate surface area is 121 Å². The fourth-order valence-electron chi connectivity index (χ4n) is 1.79. The second kappa shape index (κ2) is 5.92. The van der Waals surface area contributed by atoms with Gasteiger partial charge in [0, 0.05) is 4.88 Å². The second-order valence-electron chi connectivity index (χ2n) is 4.52. The number of nitrogens with one attached hydrogen (secondary N) is 1. The van der Waals surface area contributed by atoms with Gasteiger partial charge >= 0.3 is 5.97 Å². The lowest BCUT2D eigenvalue weighted by atomic mass is 10.1. The topological polar surface area (TPSA) is 71.5 Å². The predicted molar refractivity (Wildman–Crippen MR) is 79.4 cm³/mol. The SMILES string of the molecule is COc1ccccc1Nc1nc(C(=O)O)c(C(C)C)s1. The molecule has 6 heteroatoms. The number of aromatic nitrogens is 1. The van der Waals surface area contributed by atoms with E-state index in [-0.39, 0.29) is 11.6 Å². The Bertz CT molecular complexity index is 623. The molecule has 0 aliphatic rings. The number of carboxylic acids is 1. The monoisotopic (exact) mass is 292 g/mol. The molecule has 2 N–H and O–H groups in total. The van der Waals surface area contributed by atoms with Gasteiger partial charge in [-0.1, -0.05) is 26.0 Å². The Hall–Kier alpha value is -2.08. The summed E-state index contributed by atoms with van der Waals surface area (Å²) in [6.45, 7) is 3.90. The van der Waals surface area contributed by atoms with Crippen molar-refractivity contribution in [2.75, 3.05) is 12.4 Å². The first-order valence-electron chi connectivity index (χ1n) is 6.17. The molecule has 0 saturated carbocycles. The summed E-state index contributed by atoms with van der Waals surface area (Å²) < 4.78 is 5.25. The Kier molecular flexibility index (Phi) is 4.24. The third-order valence-electron chi connectivity index (χ3n) is 2.73. The van der Waals surface area contributed by atoms with Crippen molar-refractivity contribution in [1.29, 1.82) is 0 Å². The van der Waals surface area contributed by atoms with Gasteiger partial charge in [-0.25, -0.2) is 9.78 Å². The number of ether oxygens (including phenoxy) is 1. The summed E-state index contributed by atoms with van der Waals surface area (Å²) in [7, 11) is 1.59.